The van der Waals surface area contributed by atoms with Crippen molar-refractivity contribution >= 4 is 15.7 Å². The average molecular weight is 302 g/mol. The number of sulfonamides is 1. The van der Waals surface area contributed by atoms with Crippen LogP contribution in [0.25, 0.3) is 0 Å². The number of fused-ring (bicyclic) bond motifs is 1. The number of hydrogen-bond acceptors (Lipinski definition) is 3. The smallest absolute Gasteiger partial charge is 0.264 e. The van der Waals surface area contributed by atoms with Crippen LogP contribution < -0.4 is 10.0 Å². The minimum Gasteiger partial charge on any atom is -0.326 e. The fraction of sp³-hybridized carbons (Fsp3) is 0.250. The Labute approximate surface area is 125 Å². The van der Waals surface area contributed by atoms with Crippen molar-refractivity contribution in [2.75, 3.05) is 4.31 Å². The highest BCUT2D eigenvalue weighted by atomic mass is 32.2. The maximum absolute atomic E-state index is 13.1. The molecule has 0 aromatic heterocycles. The minimum atomic E-state index is -3.59. The van der Waals surface area contributed by atoms with Gasteiger partial charge in [0.2, 0.25) is 0 Å². The molecule has 1 aliphatic heterocycles. The highest BCUT2D eigenvalue weighted by molar-refractivity contribution is 7.93. The molecular formula is C16H18N2O2S. The number of hydrogen-bond donors (Lipinski definition) is 1. The third kappa shape index (κ3) is 2.22. The average Bonchev–Trinajstić information content (AvgIpc) is 2.83. The zero-order chi connectivity index (χ0) is 15.0. The van der Waals surface area contributed by atoms with E-state index in [1.165, 1.54) is 4.31 Å². The van der Waals surface area contributed by atoms with Gasteiger partial charge in [-0.25, -0.2) is 8.42 Å². The summed E-state index contributed by atoms with van der Waals surface area (Å²) in [7, 11) is -3.59. The molecule has 0 bridgehead atoms. The molecule has 0 aliphatic carbocycles. The molecule has 110 valence electrons. The number of para-hydroxylation sites is 1. The molecule has 0 radical (unpaired) electrons. The Morgan fingerprint density at radius 1 is 1.14 bits per heavy atom. The Bertz CT molecular complexity index is 771. The van der Waals surface area contributed by atoms with Gasteiger partial charge in [-0.05, 0) is 36.6 Å². The van der Waals surface area contributed by atoms with E-state index in [2.05, 4.69) is 0 Å². The molecule has 0 saturated heterocycles. The van der Waals surface area contributed by atoms with E-state index in [-0.39, 0.29) is 12.6 Å². The Morgan fingerprint density at radius 2 is 1.81 bits per heavy atom. The summed E-state index contributed by atoms with van der Waals surface area (Å²) in [5.74, 6) is 0. The van der Waals surface area contributed by atoms with E-state index in [1.54, 1.807) is 18.2 Å². The van der Waals surface area contributed by atoms with Crippen molar-refractivity contribution < 1.29 is 8.42 Å². The first-order chi connectivity index (χ1) is 10.1. The summed E-state index contributed by atoms with van der Waals surface area (Å²) in [5, 5.41) is 0. The first kappa shape index (κ1) is 14.1. The van der Waals surface area contributed by atoms with E-state index in [1.807, 2.05) is 37.3 Å². The predicted octanol–water partition coefficient (Wildman–Crippen LogP) is 2.29. The number of nitrogens with two attached hydrogens (primary N) is 1. The molecule has 0 amide bonds. The quantitative estimate of drug-likeness (QED) is 0.946. The second kappa shape index (κ2) is 5.16. The first-order valence-corrected chi connectivity index (χ1v) is 8.40. The molecule has 1 heterocycles. The molecule has 0 spiro atoms. The topological polar surface area (TPSA) is 63.4 Å². The summed E-state index contributed by atoms with van der Waals surface area (Å²) in [6.07, 6.45) is 0.736. The monoisotopic (exact) mass is 302 g/mol. The molecule has 3 rings (SSSR count). The molecule has 5 heteroatoms. The lowest BCUT2D eigenvalue weighted by atomic mass is 10.1. The molecular weight excluding hydrogens is 284 g/mol. The fourth-order valence-electron chi connectivity index (χ4n) is 2.93. The van der Waals surface area contributed by atoms with Gasteiger partial charge >= 0.3 is 0 Å². The Morgan fingerprint density at radius 3 is 2.57 bits per heavy atom. The highest BCUT2D eigenvalue weighted by Crippen LogP contribution is 2.37. The van der Waals surface area contributed by atoms with Crippen LogP contribution in [-0.4, -0.2) is 14.5 Å². The third-order valence-electron chi connectivity index (χ3n) is 3.87. The standard InChI is InChI=1S/C16H18N2O2S/c1-12-10-13-6-2-4-8-15(13)18(12)21(19,20)16-9-5-3-7-14(16)11-17/h2-9,12H,10-11,17H2,1H3. The van der Waals surface area contributed by atoms with Crippen LogP contribution >= 0.6 is 0 Å². The molecule has 2 N–H and O–H groups in total. The zero-order valence-electron chi connectivity index (χ0n) is 11.9. The molecule has 4 nitrogen and oxygen atoms in total. The van der Waals surface area contributed by atoms with Gasteiger partial charge in [-0.15, -0.1) is 0 Å². The Kier molecular flexibility index (Phi) is 3.47. The second-order valence-corrected chi connectivity index (χ2v) is 7.08. The van der Waals surface area contributed by atoms with Crippen molar-refractivity contribution in [2.45, 2.75) is 30.8 Å². The van der Waals surface area contributed by atoms with Crippen LogP contribution in [-0.2, 0) is 23.0 Å². The van der Waals surface area contributed by atoms with E-state index >= 15 is 0 Å². The summed E-state index contributed by atoms with van der Waals surface area (Å²) in [5.41, 5.74) is 8.18. The van der Waals surface area contributed by atoms with Crippen molar-refractivity contribution in [3.05, 3.63) is 59.7 Å². The lowest BCUT2D eigenvalue weighted by molar-refractivity contribution is 0.583. The Balaban J connectivity index is 2.15. The molecule has 0 fully saturated rings. The summed E-state index contributed by atoms with van der Waals surface area (Å²) >= 11 is 0. The SMILES string of the molecule is CC1Cc2ccccc2N1S(=O)(=O)c1ccccc1CN. The van der Waals surface area contributed by atoms with Crippen molar-refractivity contribution in [3.63, 3.8) is 0 Å². The van der Waals surface area contributed by atoms with Crippen LogP contribution in [0, 0.1) is 0 Å². The number of benzene rings is 2. The molecule has 2 aromatic carbocycles. The van der Waals surface area contributed by atoms with Crippen LogP contribution in [0.4, 0.5) is 5.69 Å². The normalized spacial score (nSPS) is 17.8. The number of nitrogens with zero attached hydrogens (tertiary/aromatic N) is 1. The number of anilines is 1. The first-order valence-electron chi connectivity index (χ1n) is 6.96. The Hall–Kier alpha value is -1.85. The summed E-state index contributed by atoms with van der Waals surface area (Å²) < 4.78 is 27.6. The molecule has 0 saturated carbocycles. The maximum Gasteiger partial charge on any atom is 0.264 e. The van der Waals surface area contributed by atoms with E-state index in [0.29, 0.717) is 10.5 Å². The maximum atomic E-state index is 13.1. The minimum absolute atomic E-state index is 0.0850. The predicted molar refractivity (Wildman–Crippen MR) is 83.6 cm³/mol. The van der Waals surface area contributed by atoms with Crippen LogP contribution in [0.2, 0.25) is 0 Å². The van der Waals surface area contributed by atoms with Crippen molar-refractivity contribution in [2.24, 2.45) is 5.73 Å². The fourth-order valence-corrected chi connectivity index (χ4v) is 4.86. The highest BCUT2D eigenvalue weighted by Gasteiger charge is 2.36. The van der Waals surface area contributed by atoms with Gasteiger partial charge in [0, 0.05) is 12.6 Å². The van der Waals surface area contributed by atoms with Crippen molar-refractivity contribution in [3.8, 4) is 0 Å². The number of rotatable bonds is 3. The van der Waals surface area contributed by atoms with Crippen molar-refractivity contribution in [1.29, 1.82) is 0 Å². The summed E-state index contributed by atoms with van der Waals surface area (Å²) in [4.78, 5) is 0.302. The van der Waals surface area contributed by atoms with E-state index < -0.39 is 10.0 Å². The second-order valence-electron chi connectivity index (χ2n) is 5.29. The van der Waals surface area contributed by atoms with Gasteiger partial charge in [0.1, 0.15) is 0 Å². The van der Waals surface area contributed by atoms with E-state index in [4.69, 9.17) is 5.73 Å². The summed E-state index contributed by atoms with van der Waals surface area (Å²) in [6.45, 7) is 2.14. The van der Waals surface area contributed by atoms with Gasteiger partial charge in [0.25, 0.3) is 10.0 Å². The molecule has 1 unspecified atom stereocenters. The molecule has 1 aliphatic rings. The van der Waals surface area contributed by atoms with Gasteiger partial charge < -0.3 is 5.73 Å². The zero-order valence-corrected chi connectivity index (χ0v) is 12.7. The van der Waals surface area contributed by atoms with Gasteiger partial charge in [0.15, 0.2) is 0 Å². The summed E-state index contributed by atoms with van der Waals surface area (Å²) in [6, 6.07) is 14.5. The molecule has 21 heavy (non-hydrogen) atoms. The lowest BCUT2D eigenvalue weighted by Gasteiger charge is -2.25. The van der Waals surface area contributed by atoms with Gasteiger partial charge in [0.05, 0.1) is 10.6 Å². The molecule has 1 atom stereocenters. The van der Waals surface area contributed by atoms with Crippen LogP contribution in [0.15, 0.2) is 53.4 Å². The van der Waals surface area contributed by atoms with Gasteiger partial charge in [-0.1, -0.05) is 36.4 Å². The lowest BCUT2D eigenvalue weighted by Crippen LogP contribution is -2.36. The van der Waals surface area contributed by atoms with Crippen LogP contribution in [0.5, 0.6) is 0 Å². The van der Waals surface area contributed by atoms with E-state index in [0.717, 1.165) is 17.7 Å². The molecule has 2 aromatic rings. The van der Waals surface area contributed by atoms with Gasteiger partial charge in [-0.2, -0.15) is 0 Å². The third-order valence-corrected chi connectivity index (χ3v) is 5.90. The van der Waals surface area contributed by atoms with E-state index in [9.17, 15) is 8.42 Å². The van der Waals surface area contributed by atoms with Gasteiger partial charge in [-0.3, -0.25) is 4.31 Å². The van der Waals surface area contributed by atoms with Crippen molar-refractivity contribution in [1.82, 2.24) is 0 Å². The van der Waals surface area contributed by atoms with Crippen LogP contribution in [0.3, 0.4) is 0 Å². The largest absolute Gasteiger partial charge is 0.326 e. The van der Waals surface area contributed by atoms with Crippen LogP contribution in [0.1, 0.15) is 18.1 Å².